The van der Waals surface area contributed by atoms with E-state index >= 15 is 0 Å². The van der Waals surface area contributed by atoms with Crippen molar-refractivity contribution in [3.8, 4) is 11.1 Å². The third-order valence-corrected chi connectivity index (χ3v) is 5.59. The number of fused-ring (bicyclic) bond motifs is 1. The van der Waals surface area contributed by atoms with Gasteiger partial charge < -0.3 is 0 Å². The van der Waals surface area contributed by atoms with Crippen molar-refractivity contribution in [3.05, 3.63) is 112 Å². The number of aryl methyl sites for hydroxylation is 2. The predicted octanol–water partition coefficient (Wildman–Crippen LogP) is 4.37. The van der Waals surface area contributed by atoms with Crippen LogP contribution < -0.4 is 5.56 Å². The summed E-state index contributed by atoms with van der Waals surface area (Å²) in [7, 11) is 0. The van der Waals surface area contributed by atoms with E-state index in [4.69, 9.17) is 0 Å². The van der Waals surface area contributed by atoms with Gasteiger partial charge >= 0.3 is 0 Å². The van der Waals surface area contributed by atoms with Gasteiger partial charge in [0.15, 0.2) is 0 Å². The quantitative estimate of drug-likeness (QED) is 0.423. The van der Waals surface area contributed by atoms with Gasteiger partial charge in [0.05, 0.1) is 36.5 Å². The fourth-order valence-electron chi connectivity index (χ4n) is 3.74. The number of hydrogen-bond donors (Lipinski definition) is 0. The summed E-state index contributed by atoms with van der Waals surface area (Å²) in [6.07, 6.45) is 3.45. The number of rotatable bonds is 5. The highest BCUT2D eigenvalue weighted by molar-refractivity contribution is 5.83. The Morgan fingerprint density at radius 2 is 1.50 bits per heavy atom. The molecule has 0 amide bonds. The zero-order chi connectivity index (χ0) is 22.1. The molecule has 0 unspecified atom stereocenters. The van der Waals surface area contributed by atoms with Crippen LogP contribution in [0.25, 0.3) is 22.0 Å². The predicted molar refractivity (Wildman–Crippen MR) is 126 cm³/mol. The van der Waals surface area contributed by atoms with Gasteiger partial charge in [-0.2, -0.15) is 0 Å². The molecule has 6 nitrogen and oxygen atoms in total. The molecule has 0 saturated heterocycles. The van der Waals surface area contributed by atoms with Crippen LogP contribution in [0.5, 0.6) is 0 Å². The summed E-state index contributed by atoms with van der Waals surface area (Å²) in [5.41, 5.74) is 6.97. The maximum Gasteiger partial charge on any atom is 0.261 e. The fourth-order valence-corrected chi connectivity index (χ4v) is 3.74. The highest BCUT2D eigenvalue weighted by Gasteiger charge is 2.09. The lowest BCUT2D eigenvalue weighted by atomic mass is 10.0. The van der Waals surface area contributed by atoms with Crippen molar-refractivity contribution in [2.24, 2.45) is 0 Å². The summed E-state index contributed by atoms with van der Waals surface area (Å²) >= 11 is 0. The van der Waals surface area contributed by atoms with E-state index in [1.54, 1.807) is 15.6 Å². The summed E-state index contributed by atoms with van der Waals surface area (Å²) in [6, 6.07) is 22.4. The van der Waals surface area contributed by atoms with Crippen molar-refractivity contribution in [3.63, 3.8) is 0 Å². The molecule has 0 bridgehead atoms. The molecule has 0 aliphatic heterocycles. The molecule has 32 heavy (non-hydrogen) atoms. The minimum Gasteiger partial charge on any atom is -0.293 e. The Morgan fingerprint density at radius 3 is 2.25 bits per heavy atom. The van der Waals surface area contributed by atoms with Gasteiger partial charge in [0.2, 0.25) is 0 Å². The van der Waals surface area contributed by atoms with E-state index in [-0.39, 0.29) is 5.56 Å². The maximum absolute atomic E-state index is 13.2. The number of nitrogens with zero attached hydrogens (tertiary/aromatic N) is 5. The molecule has 0 N–H and O–H groups in total. The molecule has 0 spiro atoms. The van der Waals surface area contributed by atoms with Gasteiger partial charge in [-0.15, -0.1) is 5.10 Å². The molecule has 0 saturated carbocycles. The smallest absolute Gasteiger partial charge is 0.261 e. The third-order valence-electron chi connectivity index (χ3n) is 5.59. The van der Waals surface area contributed by atoms with Crippen LogP contribution >= 0.6 is 0 Å². The first-order chi connectivity index (χ1) is 15.5. The molecule has 0 aliphatic rings. The molecule has 5 aromatic rings. The summed E-state index contributed by atoms with van der Waals surface area (Å²) in [4.78, 5) is 17.6. The van der Waals surface area contributed by atoms with Crippen molar-refractivity contribution < 1.29 is 0 Å². The Balaban J connectivity index is 1.41. The molecule has 2 aromatic heterocycles. The molecule has 3 aromatic carbocycles. The van der Waals surface area contributed by atoms with E-state index in [2.05, 4.69) is 77.7 Å². The van der Waals surface area contributed by atoms with Crippen LogP contribution in [0.4, 0.5) is 0 Å². The molecule has 2 heterocycles. The number of aromatic nitrogens is 5. The van der Waals surface area contributed by atoms with Crippen LogP contribution in [-0.4, -0.2) is 24.5 Å². The Labute approximate surface area is 185 Å². The van der Waals surface area contributed by atoms with E-state index in [1.807, 2.05) is 24.4 Å². The maximum atomic E-state index is 13.2. The minimum atomic E-state index is -0.0861. The summed E-state index contributed by atoms with van der Waals surface area (Å²) in [5.74, 6) is 0. The standard InChI is InChI=1S/C26H23N5O/c1-18-3-7-20(8-4-18)14-31-16-23(28-29-31)15-30-17-27-25-12-11-22(13-24(25)26(30)32)21-9-5-19(2)6-10-21/h3-13,16-17H,14-15H2,1-2H3. The highest BCUT2D eigenvalue weighted by Crippen LogP contribution is 2.22. The Hall–Kier alpha value is -4.06. The lowest BCUT2D eigenvalue weighted by molar-refractivity contribution is 0.648. The molecule has 158 valence electrons. The lowest BCUT2D eigenvalue weighted by Crippen LogP contribution is -2.21. The Kier molecular flexibility index (Phi) is 5.11. The first-order valence-electron chi connectivity index (χ1n) is 10.6. The van der Waals surface area contributed by atoms with Crippen LogP contribution in [0.1, 0.15) is 22.4 Å². The second-order valence-electron chi connectivity index (χ2n) is 8.17. The zero-order valence-corrected chi connectivity index (χ0v) is 18.1. The topological polar surface area (TPSA) is 65.6 Å². The monoisotopic (exact) mass is 421 g/mol. The van der Waals surface area contributed by atoms with Crippen LogP contribution in [0.3, 0.4) is 0 Å². The largest absolute Gasteiger partial charge is 0.293 e. The average molecular weight is 422 g/mol. The first-order valence-corrected chi connectivity index (χ1v) is 10.6. The van der Waals surface area contributed by atoms with E-state index in [9.17, 15) is 4.79 Å². The summed E-state index contributed by atoms with van der Waals surface area (Å²) in [5, 5.41) is 9.05. The molecular weight excluding hydrogens is 398 g/mol. The van der Waals surface area contributed by atoms with Crippen molar-refractivity contribution in [2.45, 2.75) is 26.9 Å². The first kappa shape index (κ1) is 19.9. The molecular formula is C26H23N5O. The molecule has 0 radical (unpaired) electrons. The van der Waals surface area contributed by atoms with Gasteiger partial charge in [0.1, 0.15) is 5.69 Å². The van der Waals surface area contributed by atoms with Crippen LogP contribution in [0.15, 0.2) is 84.0 Å². The number of benzene rings is 3. The SMILES string of the molecule is Cc1ccc(Cn2cc(Cn3cnc4ccc(-c5ccc(C)cc5)cc4c3=O)nn2)cc1. The Bertz CT molecular complexity index is 1450. The van der Waals surface area contributed by atoms with E-state index in [0.29, 0.717) is 24.0 Å². The third kappa shape index (κ3) is 4.07. The van der Waals surface area contributed by atoms with Crippen molar-refractivity contribution in [1.29, 1.82) is 0 Å². The molecule has 0 aliphatic carbocycles. The average Bonchev–Trinajstić information content (AvgIpc) is 3.24. The fraction of sp³-hybridized carbons (Fsp3) is 0.154. The highest BCUT2D eigenvalue weighted by atomic mass is 16.1. The van der Waals surface area contributed by atoms with Gasteiger partial charge in [-0.25, -0.2) is 9.67 Å². The van der Waals surface area contributed by atoms with E-state index < -0.39 is 0 Å². The summed E-state index contributed by atoms with van der Waals surface area (Å²) < 4.78 is 3.37. The van der Waals surface area contributed by atoms with Crippen LogP contribution in [0.2, 0.25) is 0 Å². The summed E-state index contributed by atoms with van der Waals surface area (Å²) in [6.45, 7) is 5.09. The molecule has 0 fully saturated rings. The van der Waals surface area contributed by atoms with Crippen molar-refractivity contribution >= 4 is 10.9 Å². The van der Waals surface area contributed by atoms with Crippen molar-refractivity contribution in [2.75, 3.05) is 0 Å². The lowest BCUT2D eigenvalue weighted by Gasteiger charge is -2.07. The minimum absolute atomic E-state index is 0.0861. The van der Waals surface area contributed by atoms with E-state index in [0.717, 1.165) is 22.4 Å². The van der Waals surface area contributed by atoms with Gasteiger partial charge in [-0.3, -0.25) is 9.36 Å². The molecule has 0 atom stereocenters. The van der Waals surface area contributed by atoms with Gasteiger partial charge in [-0.05, 0) is 42.7 Å². The second-order valence-corrected chi connectivity index (χ2v) is 8.17. The van der Waals surface area contributed by atoms with Crippen molar-refractivity contribution in [1.82, 2.24) is 24.5 Å². The molecule has 5 rings (SSSR count). The van der Waals surface area contributed by atoms with Crippen LogP contribution in [0, 0.1) is 13.8 Å². The van der Waals surface area contributed by atoms with Gasteiger partial charge in [-0.1, -0.05) is 70.9 Å². The van der Waals surface area contributed by atoms with E-state index in [1.165, 1.54) is 11.1 Å². The Morgan fingerprint density at radius 1 is 0.812 bits per heavy atom. The van der Waals surface area contributed by atoms with Gasteiger partial charge in [0.25, 0.3) is 5.56 Å². The second kappa shape index (κ2) is 8.23. The molecule has 6 heteroatoms. The van der Waals surface area contributed by atoms with Crippen LogP contribution in [-0.2, 0) is 13.1 Å². The zero-order valence-electron chi connectivity index (χ0n) is 18.1. The number of hydrogen-bond acceptors (Lipinski definition) is 4. The normalized spacial score (nSPS) is 11.2. The van der Waals surface area contributed by atoms with Gasteiger partial charge in [0, 0.05) is 0 Å².